The Morgan fingerprint density at radius 3 is 2.58 bits per heavy atom. The highest BCUT2D eigenvalue weighted by Gasteiger charge is 2.17. The molecular weight excluding hydrogens is 302 g/mol. The molecule has 1 saturated carbocycles. The molecule has 1 fully saturated rings. The van der Waals surface area contributed by atoms with Crippen LogP contribution in [-0.4, -0.2) is 24.4 Å². The number of carbonyl (C=O) groups is 2. The molecule has 0 aromatic heterocycles. The molecule has 24 heavy (non-hydrogen) atoms. The van der Waals surface area contributed by atoms with Crippen LogP contribution < -0.4 is 10.2 Å². The van der Waals surface area contributed by atoms with Crippen LogP contribution in [0, 0.1) is 11.3 Å². The molecular formula is C19H25N3O2. The van der Waals surface area contributed by atoms with Crippen molar-refractivity contribution in [2.75, 3.05) is 11.4 Å². The Labute approximate surface area is 143 Å². The molecule has 1 aliphatic carbocycles. The fourth-order valence-electron chi connectivity index (χ4n) is 3.15. The van der Waals surface area contributed by atoms with Gasteiger partial charge in [-0.25, -0.2) is 0 Å². The van der Waals surface area contributed by atoms with Crippen molar-refractivity contribution in [1.29, 1.82) is 5.26 Å². The van der Waals surface area contributed by atoms with Crippen molar-refractivity contribution in [1.82, 2.24) is 5.32 Å². The van der Waals surface area contributed by atoms with Crippen LogP contribution >= 0.6 is 0 Å². The van der Waals surface area contributed by atoms with E-state index in [0.29, 0.717) is 17.8 Å². The minimum atomic E-state index is -0.132. The van der Waals surface area contributed by atoms with E-state index in [-0.39, 0.29) is 24.3 Å². The summed E-state index contributed by atoms with van der Waals surface area (Å²) in [7, 11) is 0. The van der Waals surface area contributed by atoms with Gasteiger partial charge in [0.05, 0.1) is 11.6 Å². The molecule has 0 spiro atoms. The maximum Gasteiger partial charge on any atom is 0.223 e. The van der Waals surface area contributed by atoms with Crippen molar-refractivity contribution in [3.05, 3.63) is 29.8 Å². The lowest BCUT2D eigenvalue weighted by Crippen LogP contribution is -2.38. The monoisotopic (exact) mass is 327 g/mol. The molecule has 0 saturated heterocycles. The van der Waals surface area contributed by atoms with Crippen LogP contribution in [0.2, 0.25) is 0 Å². The number of amides is 2. The second-order valence-corrected chi connectivity index (χ2v) is 6.34. The summed E-state index contributed by atoms with van der Waals surface area (Å²) in [6, 6.07) is 9.23. The molecule has 1 N–H and O–H groups in total. The van der Waals surface area contributed by atoms with Gasteiger partial charge in [0.15, 0.2) is 0 Å². The first-order chi connectivity index (χ1) is 11.6. The fraction of sp³-hybridized carbons (Fsp3) is 0.526. The van der Waals surface area contributed by atoms with Gasteiger partial charge in [-0.15, -0.1) is 0 Å². The molecule has 1 aromatic carbocycles. The van der Waals surface area contributed by atoms with E-state index >= 15 is 0 Å². The number of hydrogen-bond donors (Lipinski definition) is 1. The third-order valence-corrected chi connectivity index (χ3v) is 4.45. The van der Waals surface area contributed by atoms with Crippen LogP contribution in [0.1, 0.15) is 57.4 Å². The zero-order chi connectivity index (χ0) is 17.4. The molecule has 0 heterocycles. The van der Waals surface area contributed by atoms with E-state index in [0.717, 1.165) is 12.8 Å². The van der Waals surface area contributed by atoms with Crippen molar-refractivity contribution >= 4 is 17.5 Å². The zero-order valence-corrected chi connectivity index (χ0v) is 14.3. The summed E-state index contributed by atoms with van der Waals surface area (Å²) in [5.74, 6) is -0.142. The third-order valence-electron chi connectivity index (χ3n) is 4.45. The standard InChI is InChI=1S/C19H25N3O2/c1-15(23)22(18-10-6-7-16(13-18)14-20)12-11-19(24)21-17-8-4-2-3-5-9-17/h6-7,10,13,17H,2-5,8-9,11-12H2,1H3,(H,21,24). The van der Waals surface area contributed by atoms with Gasteiger partial charge in [0.25, 0.3) is 0 Å². The number of carbonyl (C=O) groups excluding carboxylic acids is 2. The molecule has 2 amide bonds. The fourth-order valence-corrected chi connectivity index (χ4v) is 3.15. The summed E-state index contributed by atoms with van der Waals surface area (Å²) in [4.78, 5) is 25.7. The Balaban J connectivity index is 1.92. The largest absolute Gasteiger partial charge is 0.353 e. The molecule has 1 aromatic rings. The summed E-state index contributed by atoms with van der Waals surface area (Å²) >= 11 is 0. The summed E-state index contributed by atoms with van der Waals surface area (Å²) in [5, 5.41) is 12.1. The number of hydrogen-bond acceptors (Lipinski definition) is 3. The zero-order valence-electron chi connectivity index (χ0n) is 14.3. The van der Waals surface area contributed by atoms with Gasteiger partial charge in [0, 0.05) is 31.6 Å². The minimum Gasteiger partial charge on any atom is -0.353 e. The van der Waals surface area contributed by atoms with Crippen LogP contribution in [-0.2, 0) is 9.59 Å². The highest BCUT2D eigenvalue weighted by molar-refractivity contribution is 5.92. The van der Waals surface area contributed by atoms with E-state index in [1.807, 2.05) is 0 Å². The summed E-state index contributed by atoms with van der Waals surface area (Å²) in [5.41, 5.74) is 1.16. The highest BCUT2D eigenvalue weighted by atomic mass is 16.2. The van der Waals surface area contributed by atoms with Crippen molar-refractivity contribution < 1.29 is 9.59 Å². The molecule has 0 unspecified atom stereocenters. The normalized spacial score (nSPS) is 15.2. The van der Waals surface area contributed by atoms with Crippen molar-refractivity contribution in [2.45, 2.75) is 57.9 Å². The maximum atomic E-state index is 12.2. The third kappa shape index (κ3) is 5.38. The first-order valence-corrected chi connectivity index (χ1v) is 8.68. The molecule has 128 valence electrons. The van der Waals surface area contributed by atoms with Gasteiger partial charge in [-0.2, -0.15) is 5.26 Å². The minimum absolute atomic E-state index is 0.00964. The Morgan fingerprint density at radius 2 is 1.96 bits per heavy atom. The van der Waals surface area contributed by atoms with Gasteiger partial charge >= 0.3 is 0 Å². The second-order valence-electron chi connectivity index (χ2n) is 6.34. The average Bonchev–Trinajstić information content (AvgIpc) is 2.83. The molecule has 5 nitrogen and oxygen atoms in total. The van der Waals surface area contributed by atoms with E-state index < -0.39 is 0 Å². The molecule has 0 bridgehead atoms. The summed E-state index contributed by atoms with van der Waals surface area (Å²) in [6.07, 6.45) is 7.21. The molecule has 2 rings (SSSR count). The Bertz CT molecular complexity index is 613. The van der Waals surface area contributed by atoms with E-state index in [1.165, 1.54) is 32.6 Å². The summed E-state index contributed by atoms with van der Waals surface area (Å²) in [6.45, 7) is 1.80. The Morgan fingerprint density at radius 1 is 1.25 bits per heavy atom. The number of rotatable bonds is 5. The first kappa shape index (κ1) is 18.0. The number of benzene rings is 1. The lowest BCUT2D eigenvalue weighted by molar-refractivity contribution is -0.121. The topological polar surface area (TPSA) is 73.2 Å². The van der Waals surface area contributed by atoms with E-state index in [2.05, 4.69) is 11.4 Å². The molecule has 0 aliphatic heterocycles. The van der Waals surface area contributed by atoms with E-state index in [4.69, 9.17) is 5.26 Å². The number of anilines is 1. The van der Waals surface area contributed by atoms with Gasteiger partial charge in [-0.05, 0) is 31.0 Å². The maximum absolute atomic E-state index is 12.2. The van der Waals surface area contributed by atoms with Crippen LogP contribution in [0.5, 0.6) is 0 Å². The van der Waals surface area contributed by atoms with Crippen LogP contribution in [0.4, 0.5) is 5.69 Å². The molecule has 0 atom stereocenters. The highest BCUT2D eigenvalue weighted by Crippen LogP contribution is 2.18. The van der Waals surface area contributed by atoms with Crippen molar-refractivity contribution in [2.24, 2.45) is 0 Å². The van der Waals surface area contributed by atoms with Gasteiger partial charge in [0.2, 0.25) is 11.8 Å². The van der Waals surface area contributed by atoms with Crippen LogP contribution in [0.25, 0.3) is 0 Å². The lowest BCUT2D eigenvalue weighted by Gasteiger charge is -2.22. The van der Waals surface area contributed by atoms with Gasteiger partial charge in [0.1, 0.15) is 0 Å². The SMILES string of the molecule is CC(=O)N(CCC(=O)NC1CCCCCC1)c1cccc(C#N)c1. The van der Waals surface area contributed by atoms with Crippen molar-refractivity contribution in [3.63, 3.8) is 0 Å². The van der Waals surface area contributed by atoms with Gasteiger partial charge < -0.3 is 10.2 Å². The quantitative estimate of drug-likeness (QED) is 0.844. The molecule has 5 heteroatoms. The van der Waals surface area contributed by atoms with Crippen molar-refractivity contribution in [3.8, 4) is 6.07 Å². The van der Waals surface area contributed by atoms with E-state index in [9.17, 15) is 9.59 Å². The number of nitrogens with zero attached hydrogens (tertiary/aromatic N) is 2. The second kappa shape index (κ2) is 9.07. The molecule has 0 radical (unpaired) electrons. The molecule has 1 aliphatic rings. The van der Waals surface area contributed by atoms with E-state index in [1.54, 1.807) is 29.2 Å². The first-order valence-electron chi connectivity index (χ1n) is 8.68. The Hall–Kier alpha value is -2.35. The average molecular weight is 327 g/mol. The van der Waals surface area contributed by atoms with Gasteiger partial charge in [-0.1, -0.05) is 31.7 Å². The smallest absolute Gasteiger partial charge is 0.223 e. The number of nitriles is 1. The predicted octanol–water partition coefficient (Wildman–Crippen LogP) is 3.14. The van der Waals surface area contributed by atoms with Crippen LogP contribution in [0.15, 0.2) is 24.3 Å². The van der Waals surface area contributed by atoms with Crippen LogP contribution in [0.3, 0.4) is 0 Å². The summed E-state index contributed by atoms with van der Waals surface area (Å²) < 4.78 is 0. The predicted molar refractivity (Wildman–Crippen MR) is 93.4 cm³/mol. The van der Waals surface area contributed by atoms with Gasteiger partial charge in [-0.3, -0.25) is 9.59 Å². The lowest BCUT2D eigenvalue weighted by atomic mass is 10.1. The number of nitrogens with one attached hydrogen (secondary N) is 1. The Kier molecular flexibility index (Phi) is 6.80.